The molecule has 5 nitrogen and oxygen atoms in total. The molecule has 0 aliphatic carbocycles. The van der Waals surface area contributed by atoms with Gasteiger partial charge < -0.3 is 19.7 Å². The number of benzene rings is 2. The number of aromatic hydroxyl groups is 2. The maximum atomic E-state index is 9.61. The summed E-state index contributed by atoms with van der Waals surface area (Å²) in [7, 11) is 3.25. The van der Waals surface area contributed by atoms with Gasteiger partial charge in [-0.1, -0.05) is 41.5 Å². The summed E-state index contributed by atoms with van der Waals surface area (Å²) in [6.07, 6.45) is 1.79. The molecule has 0 spiro atoms. The standard InChI is InChI=1S/2C11H16O2.C6H5N.2ClH.Ti/c2*1-11(2,3)9-7-8(13-4)5-6-10(9)12;1-6-4-2-3-5-7-6;;;/h2*5-7,12H,1-4H3;1-5H;2*1H;. The van der Waals surface area contributed by atoms with Crippen LogP contribution in [0.3, 0.4) is 0 Å². The van der Waals surface area contributed by atoms with Gasteiger partial charge in [-0.05, 0) is 47.2 Å². The molecule has 3 rings (SSSR count). The Morgan fingerprint density at radius 1 is 0.722 bits per heavy atom. The number of phenolic OH excluding ortho intramolecular Hbond substituents is 2. The third kappa shape index (κ3) is 12.3. The first-order valence-electron chi connectivity index (χ1n) is 11.0. The van der Waals surface area contributed by atoms with Crippen molar-refractivity contribution in [2.45, 2.75) is 52.4 Å². The van der Waals surface area contributed by atoms with Crippen LogP contribution in [0, 0.1) is 0 Å². The second kappa shape index (κ2) is 16.7. The minimum absolute atomic E-state index is 0. The summed E-state index contributed by atoms with van der Waals surface area (Å²) in [5, 5.41) is 19.2. The van der Waals surface area contributed by atoms with Gasteiger partial charge in [0, 0.05) is 11.1 Å². The summed E-state index contributed by atoms with van der Waals surface area (Å²) < 4.78 is 12.2. The minimum atomic E-state index is -0.0569. The molecule has 36 heavy (non-hydrogen) atoms. The average molecular weight is 572 g/mol. The van der Waals surface area contributed by atoms with Crippen molar-refractivity contribution in [3.8, 4) is 23.0 Å². The van der Waals surface area contributed by atoms with Gasteiger partial charge in [-0.3, -0.25) is 0 Å². The Morgan fingerprint density at radius 2 is 1.14 bits per heavy atom. The second-order valence-electron chi connectivity index (χ2n) is 9.67. The van der Waals surface area contributed by atoms with E-state index in [1.165, 1.54) is 0 Å². The first-order chi connectivity index (χ1) is 15.8. The molecule has 0 atom stereocenters. The van der Waals surface area contributed by atoms with Gasteiger partial charge in [0.05, 0.1) is 14.2 Å². The van der Waals surface area contributed by atoms with Crippen LogP contribution in [0.15, 0.2) is 60.8 Å². The number of hydrogen-bond acceptors (Lipinski definition) is 5. The van der Waals surface area contributed by atoms with Crippen LogP contribution in [0.4, 0.5) is 0 Å². The first-order valence-corrected chi connectivity index (χ1v) is 11.9. The quantitative estimate of drug-likeness (QED) is 0.330. The van der Waals surface area contributed by atoms with Gasteiger partial charge in [0.15, 0.2) is 0 Å². The molecule has 0 amide bonds. The molecule has 0 aliphatic rings. The summed E-state index contributed by atoms with van der Waals surface area (Å²) in [6, 6.07) is 16.4. The van der Waals surface area contributed by atoms with Crippen LogP contribution in [0.5, 0.6) is 23.0 Å². The van der Waals surface area contributed by atoms with Crippen LogP contribution in [0.25, 0.3) is 0 Å². The van der Waals surface area contributed by atoms with Crippen molar-refractivity contribution >= 4 is 29.1 Å². The van der Waals surface area contributed by atoms with Gasteiger partial charge in [0.2, 0.25) is 0 Å². The van der Waals surface area contributed by atoms with Crippen molar-refractivity contribution in [3.63, 3.8) is 0 Å². The molecule has 0 saturated heterocycles. The van der Waals surface area contributed by atoms with Crippen molar-refractivity contribution < 1.29 is 39.7 Å². The zero-order chi connectivity index (χ0) is 25.9. The molecule has 1 heterocycles. The van der Waals surface area contributed by atoms with E-state index in [9.17, 15) is 10.2 Å². The molecular formula is C28H39Cl2NO4Ti. The van der Waals surface area contributed by atoms with Gasteiger partial charge in [-0.25, -0.2) is 0 Å². The molecule has 0 unspecified atom stereocenters. The molecule has 0 bridgehead atoms. The van der Waals surface area contributed by atoms with Crippen molar-refractivity contribution in [1.82, 2.24) is 4.98 Å². The molecule has 0 radical (unpaired) electrons. The summed E-state index contributed by atoms with van der Waals surface area (Å²) in [4.78, 5) is 4.04. The number of nitrogens with zero attached hydrogens (tertiary/aromatic N) is 1. The van der Waals surface area contributed by atoms with E-state index < -0.39 is 0 Å². The fourth-order valence-electron chi connectivity index (χ4n) is 2.95. The van der Waals surface area contributed by atoms with Gasteiger partial charge in [-0.2, -0.15) is 0 Å². The number of hydrogen-bond donors (Lipinski definition) is 2. The molecule has 8 heteroatoms. The van der Waals surface area contributed by atoms with Crippen LogP contribution < -0.4 is 9.47 Å². The van der Waals surface area contributed by atoms with E-state index in [4.69, 9.17) is 9.47 Å². The molecule has 3 aromatic rings. The number of ether oxygens (including phenoxy) is 2. The Balaban J connectivity index is 0. The topological polar surface area (TPSA) is 71.8 Å². The molecule has 0 aliphatic heterocycles. The van der Waals surface area contributed by atoms with Crippen LogP contribution in [-0.4, -0.2) is 33.7 Å². The first kappa shape index (κ1) is 36.1. The number of aromatic nitrogens is 1. The summed E-state index contributed by atoms with van der Waals surface area (Å²) in [5.41, 5.74) is 2.74. The van der Waals surface area contributed by atoms with E-state index in [0.717, 1.165) is 28.3 Å². The Morgan fingerprint density at radius 3 is 1.39 bits per heavy atom. The number of rotatable bonds is 3. The van der Waals surface area contributed by atoms with Crippen LogP contribution >= 0.6 is 24.8 Å². The molecular weight excluding hydrogens is 533 g/mol. The summed E-state index contributed by atoms with van der Waals surface area (Å²) in [6.45, 7) is 12.3. The molecule has 0 saturated carbocycles. The maximum absolute atomic E-state index is 9.61. The zero-order valence-electron chi connectivity index (χ0n) is 22.3. The predicted octanol–water partition coefficient (Wildman–Crippen LogP) is 7.02. The number of methoxy groups -OCH3 is 2. The van der Waals surface area contributed by atoms with Gasteiger partial charge in [0.1, 0.15) is 23.0 Å². The van der Waals surface area contributed by atoms with Crippen molar-refractivity contribution in [1.29, 1.82) is 0 Å². The predicted molar refractivity (Wildman–Crippen MR) is 151 cm³/mol. The summed E-state index contributed by atoms with van der Waals surface area (Å²) >= 11 is 1.97. The molecule has 1 aromatic heterocycles. The number of pyridine rings is 1. The molecule has 198 valence electrons. The third-order valence-corrected chi connectivity index (χ3v) is 5.32. The Kier molecular flexibility index (Phi) is 16.7. The molecule has 2 N–H and O–H groups in total. The fraction of sp³-hybridized carbons (Fsp3) is 0.357. The van der Waals surface area contributed by atoms with Crippen LogP contribution in [0.1, 0.15) is 58.4 Å². The van der Waals surface area contributed by atoms with E-state index in [0.29, 0.717) is 11.5 Å². The van der Waals surface area contributed by atoms with Crippen molar-refractivity contribution in [3.05, 3.63) is 77.6 Å². The SMILES string of the molecule is COc1ccc(O)c(C(C)(C)C)c1.COc1ccc(O)c(C(C)(C)C)c1.Cl.Cl.[Ti]=[CH]c1ccccn1. The normalized spacial score (nSPS) is 10.1. The number of phenols is 2. The monoisotopic (exact) mass is 571 g/mol. The van der Waals surface area contributed by atoms with Gasteiger partial charge in [0.25, 0.3) is 0 Å². The Hall–Kier alpha value is -2.05. The zero-order valence-corrected chi connectivity index (χ0v) is 25.5. The van der Waals surface area contributed by atoms with E-state index in [2.05, 4.69) is 46.5 Å². The van der Waals surface area contributed by atoms with E-state index in [1.807, 2.05) is 54.6 Å². The van der Waals surface area contributed by atoms with E-state index in [-0.39, 0.29) is 35.6 Å². The Labute approximate surface area is 240 Å². The van der Waals surface area contributed by atoms with Crippen molar-refractivity contribution in [2.75, 3.05) is 14.2 Å². The Bertz CT molecular complexity index is 986. The third-order valence-electron chi connectivity index (χ3n) is 4.86. The van der Waals surface area contributed by atoms with Gasteiger partial charge >= 0.3 is 59.4 Å². The molecule has 2 aromatic carbocycles. The fourth-order valence-corrected chi connectivity index (χ4v) is 3.21. The van der Waals surface area contributed by atoms with E-state index >= 15 is 0 Å². The average Bonchev–Trinajstić information content (AvgIpc) is 2.79. The number of halogens is 2. The second-order valence-corrected chi connectivity index (χ2v) is 10.1. The summed E-state index contributed by atoms with van der Waals surface area (Å²) in [5.74, 6) is 2.21. The van der Waals surface area contributed by atoms with Gasteiger partial charge in [-0.15, -0.1) is 24.8 Å². The van der Waals surface area contributed by atoms with Crippen LogP contribution in [0.2, 0.25) is 0 Å². The van der Waals surface area contributed by atoms with Crippen molar-refractivity contribution in [2.24, 2.45) is 0 Å². The van der Waals surface area contributed by atoms with E-state index in [1.54, 1.807) is 44.7 Å². The van der Waals surface area contributed by atoms with Crippen LogP contribution in [-0.2, 0) is 30.8 Å². The molecule has 0 fully saturated rings.